The average Bonchev–Trinajstić information content (AvgIpc) is 2.54. The van der Waals surface area contributed by atoms with Gasteiger partial charge in [0.05, 0.1) is 20.3 Å². The molecule has 1 aromatic carbocycles. The molecule has 1 N–H and O–H groups in total. The number of carbonyl (C=O) groups excluding carboxylic acids is 1. The van der Waals surface area contributed by atoms with Crippen LogP contribution in [0.3, 0.4) is 0 Å². The van der Waals surface area contributed by atoms with Gasteiger partial charge in [0, 0.05) is 13.1 Å². The van der Waals surface area contributed by atoms with Crippen molar-refractivity contribution >= 4 is 6.03 Å². The van der Waals surface area contributed by atoms with E-state index in [1.165, 1.54) is 0 Å². The summed E-state index contributed by atoms with van der Waals surface area (Å²) in [5, 5.41) is 2.63. The third-order valence-corrected chi connectivity index (χ3v) is 3.57. The van der Waals surface area contributed by atoms with E-state index in [0.717, 1.165) is 16.2 Å². The highest BCUT2D eigenvalue weighted by atomic mass is 19.4. The largest absolute Gasteiger partial charge is 0.497 e. The van der Waals surface area contributed by atoms with Crippen molar-refractivity contribution in [3.05, 3.63) is 29.8 Å². The fraction of sp³-hybridized carbons (Fsp3) is 0.533. The van der Waals surface area contributed by atoms with Crippen LogP contribution in [0.15, 0.2) is 24.3 Å². The fourth-order valence-corrected chi connectivity index (χ4v) is 2.25. The smallest absolute Gasteiger partial charge is 0.416 e. The second-order valence-electron chi connectivity index (χ2n) is 5.18. The van der Waals surface area contributed by atoms with Gasteiger partial charge in [0.15, 0.2) is 6.10 Å². The summed E-state index contributed by atoms with van der Waals surface area (Å²) in [5.41, 5.74) is 1.00. The number of nitrogens with one attached hydrogen (secondary N) is 1. The van der Waals surface area contributed by atoms with Crippen LogP contribution in [0.4, 0.5) is 18.0 Å². The molecule has 128 valence electrons. The van der Waals surface area contributed by atoms with E-state index in [1.54, 1.807) is 7.11 Å². The molecule has 0 aliphatic carbocycles. The number of ether oxygens (including phenoxy) is 2. The van der Waals surface area contributed by atoms with Crippen LogP contribution in [-0.4, -0.2) is 56.6 Å². The second kappa shape index (κ2) is 7.54. The highest BCUT2D eigenvalue weighted by Gasteiger charge is 2.44. The Kier molecular flexibility index (Phi) is 5.70. The number of carbonyl (C=O) groups is 1. The Bertz CT molecular complexity index is 520. The van der Waals surface area contributed by atoms with E-state index < -0.39 is 24.9 Å². The van der Waals surface area contributed by atoms with Gasteiger partial charge in [-0.1, -0.05) is 12.1 Å². The Labute approximate surface area is 132 Å². The average molecular weight is 332 g/mol. The minimum Gasteiger partial charge on any atom is -0.497 e. The number of morpholine rings is 1. The summed E-state index contributed by atoms with van der Waals surface area (Å²) in [6, 6.07) is 6.87. The number of urea groups is 1. The van der Waals surface area contributed by atoms with E-state index in [-0.39, 0.29) is 13.2 Å². The lowest BCUT2D eigenvalue weighted by Crippen LogP contribution is -2.53. The molecule has 2 amide bonds. The first-order valence-corrected chi connectivity index (χ1v) is 7.24. The van der Waals surface area contributed by atoms with Crippen LogP contribution in [0.5, 0.6) is 5.75 Å². The number of benzene rings is 1. The van der Waals surface area contributed by atoms with Crippen molar-refractivity contribution in [1.82, 2.24) is 10.2 Å². The van der Waals surface area contributed by atoms with Gasteiger partial charge in [0.25, 0.3) is 0 Å². The Morgan fingerprint density at radius 3 is 2.70 bits per heavy atom. The number of hydrogen-bond acceptors (Lipinski definition) is 3. The minimum absolute atomic E-state index is 0.115. The summed E-state index contributed by atoms with van der Waals surface area (Å²) < 4.78 is 47.6. The van der Waals surface area contributed by atoms with E-state index in [0.29, 0.717) is 13.0 Å². The van der Waals surface area contributed by atoms with Gasteiger partial charge in [-0.25, -0.2) is 4.79 Å². The molecule has 1 fully saturated rings. The lowest BCUT2D eigenvalue weighted by Gasteiger charge is -2.33. The molecule has 1 saturated heterocycles. The molecular formula is C15H19F3N2O3. The SMILES string of the molecule is COc1ccc(CCNC(=O)N2CCO[C@H](C(F)(F)F)C2)cc1. The van der Waals surface area contributed by atoms with Crippen LogP contribution < -0.4 is 10.1 Å². The summed E-state index contributed by atoms with van der Waals surface area (Å²) in [5.74, 6) is 0.740. The van der Waals surface area contributed by atoms with Gasteiger partial charge in [-0.2, -0.15) is 13.2 Å². The molecule has 0 spiro atoms. The zero-order valence-corrected chi connectivity index (χ0v) is 12.7. The number of halogens is 3. The molecule has 2 rings (SSSR count). The first-order valence-electron chi connectivity index (χ1n) is 7.24. The van der Waals surface area contributed by atoms with Gasteiger partial charge < -0.3 is 19.7 Å². The van der Waals surface area contributed by atoms with E-state index in [2.05, 4.69) is 10.1 Å². The molecule has 1 atom stereocenters. The second-order valence-corrected chi connectivity index (χ2v) is 5.18. The standard InChI is InChI=1S/C15H19F3N2O3/c1-22-12-4-2-11(3-5-12)6-7-19-14(21)20-8-9-23-13(10-20)15(16,17)18/h2-5,13H,6-10H2,1H3,(H,19,21)/t13-/m0/s1. The van der Waals surface area contributed by atoms with E-state index in [9.17, 15) is 18.0 Å². The topological polar surface area (TPSA) is 50.8 Å². The Balaban J connectivity index is 1.77. The maximum Gasteiger partial charge on any atom is 0.416 e. The van der Waals surface area contributed by atoms with Crippen LogP contribution in [-0.2, 0) is 11.2 Å². The Morgan fingerprint density at radius 2 is 2.09 bits per heavy atom. The molecule has 0 saturated carbocycles. The summed E-state index contributed by atoms with van der Waals surface area (Å²) in [7, 11) is 1.58. The zero-order chi connectivity index (χ0) is 16.9. The third-order valence-electron chi connectivity index (χ3n) is 3.57. The number of amides is 2. The van der Waals surface area contributed by atoms with Crippen molar-refractivity contribution in [2.75, 3.05) is 33.4 Å². The lowest BCUT2D eigenvalue weighted by molar-refractivity contribution is -0.233. The highest BCUT2D eigenvalue weighted by Crippen LogP contribution is 2.25. The normalized spacial score (nSPS) is 18.6. The van der Waals surface area contributed by atoms with E-state index >= 15 is 0 Å². The van der Waals surface area contributed by atoms with Gasteiger partial charge in [-0.05, 0) is 24.1 Å². The molecule has 1 aromatic rings. The molecule has 0 bridgehead atoms. The number of rotatable bonds is 4. The monoisotopic (exact) mass is 332 g/mol. The van der Waals surface area contributed by atoms with Gasteiger partial charge in [-0.15, -0.1) is 0 Å². The summed E-state index contributed by atoms with van der Waals surface area (Å²) >= 11 is 0. The Morgan fingerprint density at radius 1 is 1.39 bits per heavy atom. The molecule has 23 heavy (non-hydrogen) atoms. The van der Waals surface area contributed by atoms with Crippen LogP contribution in [0.25, 0.3) is 0 Å². The van der Waals surface area contributed by atoms with Crippen LogP contribution in [0.1, 0.15) is 5.56 Å². The number of nitrogens with zero attached hydrogens (tertiary/aromatic N) is 1. The molecule has 0 unspecified atom stereocenters. The van der Waals surface area contributed by atoms with Crippen molar-refractivity contribution in [2.24, 2.45) is 0 Å². The molecule has 8 heteroatoms. The van der Waals surface area contributed by atoms with Crippen LogP contribution in [0.2, 0.25) is 0 Å². The summed E-state index contributed by atoms with van der Waals surface area (Å²) in [6.45, 7) is -0.0892. The molecule has 1 aliphatic heterocycles. The molecule has 0 radical (unpaired) electrons. The lowest BCUT2D eigenvalue weighted by atomic mass is 10.1. The van der Waals surface area contributed by atoms with Crippen molar-refractivity contribution in [3.8, 4) is 5.75 Å². The van der Waals surface area contributed by atoms with Crippen LogP contribution in [0, 0.1) is 0 Å². The van der Waals surface area contributed by atoms with Crippen molar-refractivity contribution < 1.29 is 27.4 Å². The molecular weight excluding hydrogens is 313 g/mol. The first kappa shape index (κ1) is 17.4. The fourth-order valence-electron chi connectivity index (χ4n) is 2.25. The van der Waals surface area contributed by atoms with Gasteiger partial charge in [-0.3, -0.25) is 0 Å². The maximum atomic E-state index is 12.6. The van der Waals surface area contributed by atoms with Crippen molar-refractivity contribution in [2.45, 2.75) is 18.7 Å². The van der Waals surface area contributed by atoms with E-state index in [1.807, 2.05) is 24.3 Å². The van der Waals surface area contributed by atoms with Gasteiger partial charge in [0.2, 0.25) is 0 Å². The van der Waals surface area contributed by atoms with Crippen LogP contribution >= 0.6 is 0 Å². The highest BCUT2D eigenvalue weighted by molar-refractivity contribution is 5.74. The number of methoxy groups -OCH3 is 1. The third kappa shape index (κ3) is 5.02. The minimum atomic E-state index is -4.46. The molecule has 5 nitrogen and oxygen atoms in total. The summed E-state index contributed by atoms with van der Waals surface area (Å²) in [4.78, 5) is 13.1. The van der Waals surface area contributed by atoms with E-state index in [4.69, 9.17) is 4.74 Å². The first-order chi connectivity index (χ1) is 10.9. The predicted octanol–water partition coefficient (Wildman–Crippen LogP) is 2.21. The van der Waals surface area contributed by atoms with Gasteiger partial charge in [0.1, 0.15) is 5.75 Å². The maximum absolute atomic E-state index is 12.6. The molecule has 1 heterocycles. The Hall–Kier alpha value is -1.96. The molecule has 0 aromatic heterocycles. The predicted molar refractivity (Wildman–Crippen MR) is 77.5 cm³/mol. The quantitative estimate of drug-likeness (QED) is 0.920. The summed E-state index contributed by atoms with van der Waals surface area (Å²) in [6.07, 6.45) is -5.78. The van der Waals surface area contributed by atoms with Gasteiger partial charge >= 0.3 is 12.2 Å². The molecule has 1 aliphatic rings. The van der Waals surface area contributed by atoms with Crippen molar-refractivity contribution in [1.29, 1.82) is 0 Å². The zero-order valence-electron chi connectivity index (χ0n) is 12.7. The number of alkyl halides is 3. The number of hydrogen-bond donors (Lipinski definition) is 1. The van der Waals surface area contributed by atoms with Crippen molar-refractivity contribution in [3.63, 3.8) is 0 Å².